The number of H-pyrrole nitrogens is 1. The van der Waals surface area contributed by atoms with E-state index in [4.69, 9.17) is 0 Å². The normalized spacial score (nSPS) is 16.1. The monoisotopic (exact) mass is 347 g/mol. The first-order chi connectivity index (χ1) is 11.2. The summed E-state index contributed by atoms with van der Waals surface area (Å²) in [6.45, 7) is 3.75. The van der Waals surface area contributed by atoms with Crippen LogP contribution in [0.5, 0.6) is 0 Å². The van der Waals surface area contributed by atoms with Gasteiger partial charge in [-0.05, 0) is 29.6 Å². The predicted octanol–water partition coefficient (Wildman–Crippen LogP) is 2.47. The Balaban J connectivity index is 1.82. The highest BCUT2D eigenvalue weighted by atomic mass is 32.2. The minimum Gasteiger partial charge on any atom is -0.368 e. The molecule has 3 aromatic rings. The maximum absolute atomic E-state index is 12.7. The van der Waals surface area contributed by atoms with Crippen molar-refractivity contribution in [2.24, 2.45) is 0 Å². The highest BCUT2D eigenvalue weighted by Gasteiger charge is 2.23. The number of aromatic amines is 1. The Kier molecular flexibility index (Phi) is 3.63. The number of nitrogens with one attached hydrogen (secondary N) is 2. The SMILES string of the molecule is O=S(=O)(c1cc2c(N3CCNCC3)cccc2[nH]1)c1cccs1. The molecule has 0 bridgehead atoms. The fourth-order valence-electron chi connectivity index (χ4n) is 2.96. The zero-order chi connectivity index (χ0) is 15.9. The molecule has 1 aromatic carbocycles. The number of benzene rings is 1. The molecule has 23 heavy (non-hydrogen) atoms. The average Bonchev–Trinajstić information content (AvgIpc) is 3.25. The van der Waals surface area contributed by atoms with E-state index in [1.54, 1.807) is 23.6 Å². The van der Waals surface area contributed by atoms with Crippen molar-refractivity contribution in [3.63, 3.8) is 0 Å². The molecule has 0 amide bonds. The molecule has 0 unspecified atom stereocenters. The van der Waals surface area contributed by atoms with Crippen molar-refractivity contribution in [1.82, 2.24) is 10.3 Å². The number of anilines is 1. The van der Waals surface area contributed by atoms with Gasteiger partial charge in [0, 0.05) is 42.8 Å². The number of fused-ring (bicyclic) bond motifs is 1. The molecule has 0 atom stereocenters. The lowest BCUT2D eigenvalue weighted by Crippen LogP contribution is -2.43. The van der Waals surface area contributed by atoms with Gasteiger partial charge in [-0.1, -0.05) is 12.1 Å². The summed E-state index contributed by atoms with van der Waals surface area (Å²) in [4.78, 5) is 5.38. The number of piperazine rings is 1. The molecule has 4 rings (SSSR count). The van der Waals surface area contributed by atoms with Gasteiger partial charge in [-0.25, -0.2) is 8.42 Å². The van der Waals surface area contributed by atoms with Gasteiger partial charge < -0.3 is 15.2 Å². The van der Waals surface area contributed by atoms with Gasteiger partial charge in [-0.2, -0.15) is 0 Å². The third-order valence-corrected chi connectivity index (χ3v) is 7.20. The number of aromatic nitrogens is 1. The zero-order valence-corrected chi connectivity index (χ0v) is 14.1. The van der Waals surface area contributed by atoms with Crippen LogP contribution in [0.2, 0.25) is 0 Å². The molecule has 2 N–H and O–H groups in total. The van der Waals surface area contributed by atoms with Crippen LogP contribution in [0.15, 0.2) is 51.0 Å². The Bertz CT molecular complexity index is 924. The molecule has 1 aliphatic heterocycles. The van der Waals surface area contributed by atoms with Crippen LogP contribution >= 0.6 is 11.3 Å². The van der Waals surface area contributed by atoms with E-state index in [-0.39, 0.29) is 5.03 Å². The van der Waals surface area contributed by atoms with E-state index in [1.807, 2.05) is 12.1 Å². The molecule has 1 aliphatic rings. The van der Waals surface area contributed by atoms with Gasteiger partial charge in [0.1, 0.15) is 9.24 Å². The highest BCUT2D eigenvalue weighted by Crippen LogP contribution is 2.32. The second-order valence-electron chi connectivity index (χ2n) is 5.54. The van der Waals surface area contributed by atoms with Crippen LogP contribution in [0.3, 0.4) is 0 Å². The average molecular weight is 347 g/mol. The van der Waals surface area contributed by atoms with Gasteiger partial charge in [0.25, 0.3) is 0 Å². The second-order valence-corrected chi connectivity index (χ2v) is 8.64. The summed E-state index contributed by atoms with van der Waals surface area (Å²) in [7, 11) is -3.47. The lowest BCUT2D eigenvalue weighted by atomic mass is 10.2. The maximum Gasteiger partial charge on any atom is 0.231 e. The lowest BCUT2D eigenvalue weighted by Gasteiger charge is -2.30. The summed E-state index contributed by atoms with van der Waals surface area (Å²) in [6, 6.07) is 11.1. The summed E-state index contributed by atoms with van der Waals surface area (Å²) in [6.07, 6.45) is 0. The third kappa shape index (κ3) is 2.54. The Morgan fingerprint density at radius 3 is 2.65 bits per heavy atom. The summed E-state index contributed by atoms with van der Waals surface area (Å²) in [5.41, 5.74) is 1.95. The minimum absolute atomic E-state index is 0.262. The van der Waals surface area contributed by atoms with Crippen molar-refractivity contribution in [2.75, 3.05) is 31.1 Å². The molecule has 0 spiro atoms. The minimum atomic E-state index is -3.47. The maximum atomic E-state index is 12.7. The van der Waals surface area contributed by atoms with Gasteiger partial charge in [0.2, 0.25) is 9.84 Å². The van der Waals surface area contributed by atoms with E-state index in [0.29, 0.717) is 4.21 Å². The quantitative estimate of drug-likeness (QED) is 0.764. The molecule has 1 fully saturated rings. The van der Waals surface area contributed by atoms with Gasteiger partial charge in [0.05, 0.1) is 0 Å². The molecule has 1 saturated heterocycles. The van der Waals surface area contributed by atoms with Crippen LogP contribution in [0.1, 0.15) is 0 Å². The molecule has 0 saturated carbocycles. The molecule has 5 nitrogen and oxygen atoms in total. The standard InChI is InChI=1S/C16H17N3O2S2/c20-23(21,16-5-2-10-22-16)15-11-12-13(18-15)3-1-4-14(12)19-8-6-17-7-9-19/h1-5,10-11,17-18H,6-9H2. The van der Waals surface area contributed by atoms with E-state index in [2.05, 4.69) is 21.3 Å². The highest BCUT2D eigenvalue weighted by molar-refractivity contribution is 7.93. The summed E-state index contributed by atoms with van der Waals surface area (Å²) in [5.74, 6) is 0. The topological polar surface area (TPSA) is 65.2 Å². The fourth-order valence-corrected chi connectivity index (χ4v) is 5.35. The van der Waals surface area contributed by atoms with Crippen LogP contribution < -0.4 is 10.2 Å². The van der Waals surface area contributed by atoms with E-state index in [9.17, 15) is 8.42 Å². The first-order valence-electron chi connectivity index (χ1n) is 7.52. The molecular weight excluding hydrogens is 330 g/mol. The van der Waals surface area contributed by atoms with Crippen molar-refractivity contribution in [1.29, 1.82) is 0 Å². The number of nitrogens with zero attached hydrogens (tertiary/aromatic N) is 1. The number of rotatable bonds is 3. The summed E-state index contributed by atoms with van der Waals surface area (Å²) in [5, 5.41) is 6.34. The number of sulfone groups is 1. The van der Waals surface area contributed by atoms with Crippen molar-refractivity contribution < 1.29 is 8.42 Å². The number of hydrogen-bond donors (Lipinski definition) is 2. The number of hydrogen-bond acceptors (Lipinski definition) is 5. The van der Waals surface area contributed by atoms with Crippen molar-refractivity contribution in [3.8, 4) is 0 Å². The van der Waals surface area contributed by atoms with Gasteiger partial charge >= 0.3 is 0 Å². The van der Waals surface area contributed by atoms with Crippen LogP contribution in [0.4, 0.5) is 5.69 Å². The van der Waals surface area contributed by atoms with E-state index < -0.39 is 9.84 Å². The van der Waals surface area contributed by atoms with Crippen molar-refractivity contribution >= 4 is 37.8 Å². The Morgan fingerprint density at radius 2 is 1.91 bits per heavy atom. The molecule has 0 aliphatic carbocycles. The van der Waals surface area contributed by atoms with Gasteiger partial charge in [-0.15, -0.1) is 11.3 Å². The second kappa shape index (κ2) is 5.67. The molecule has 3 heterocycles. The molecule has 7 heteroatoms. The van der Waals surface area contributed by atoms with E-state index in [0.717, 1.165) is 42.8 Å². The van der Waals surface area contributed by atoms with E-state index in [1.165, 1.54) is 11.3 Å². The lowest BCUT2D eigenvalue weighted by molar-refractivity contribution is 0.590. The Labute approximate surface area is 138 Å². The largest absolute Gasteiger partial charge is 0.368 e. The number of thiophene rings is 1. The molecule has 2 aromatic heterocycles. The summed E-state index contributed by atoms with van der Waals surface area (Å²) >= 11 is 1.24. The van der Waals surface area contributed by atoms with Gasteiger partial charge in [-0.3, -0.25) is 0 Å². The van der Waals surface area contributed by atoms with Crippen LogP contribution in [-0.4, -0.2) is 39.6 Å². The Hall–Kier alpha value is -1.83. The smallest absolute Gasteiger partial charge is 0.231 e. The predicted molar refractivity (Wildman–Crippen MR) is 93.2 cm³/mol. The van der Waals surface area contributed by atoms with Gasteiger partial charge in [0.15, 0.2) is 0 Å². The fraction of sp³-hybridized carbons (Fsp3) is 0.250. The van der Waals surface area contributed by atoms with Crippen LogP contribution in [-0.2, 0) is 9.84 Å². The van der Waals surface area contributed by atoms with E-state index >= 15 is 0 Å². The van der Waals surface area contributed by atoms with Crippen molar-refractivity contribution in [3.05, 3.63) is 41.8 Å². The van der Waals surface area contributed by atoms with Crippen LogP contribution in [0.25, 0.3) is 10.9 Å². The molecule has 0 radical (unpaired) electrons. The molecule has 120 valence electrons. The first-order valence-corrected chi connectivity index (χ1v) is 9.88. The Morgan fingerprint density at radius 1 is 1.09 bits per heavy atom. The van der Waals surface area contributed by atoms with Crippen molar-refractivity contribution in [2.45, 2.75) is 9.24 Å². The van der Waals surface area contributed by atoms with Crippen LogP contribution in [0, 0.1) is 0 Å². The first kappa shape index (κ1) is 14.7. The zero-order valence-electron chi connectivity index (χ0n) is 12.5. The molecular formula is C16H17N3O2S2. The summed E-state index contributed by atoms with van der Waals surface area (Å²) < 4.78 is 25.8. The third-order valence-electron chi connectivity index (χ3n) is 4.12.